The van der Waals surface area contributed by atoms with Crippen molar-refractivity contribution in [2.75, 3.05) is 50.5 Å². The Bertz CT molecular complexity index is 822. The summed E-state index contributed by atoms with van der Waals surface area (Å²) in [5, 5.41) is 5.71. The zero-order valence-corrected chi connectivity index (χ0v) is 18.7. The minimum atomic E-state index is -0.0943. The van der Waals surface area contributed by atoms with Crippen LogP contribution in [0.25, 0.3) is 10.2 Å². The van der Waals surface area contributed by atoms with Crippen molar-refractivity contribution >= 4 is 39.1 Å². The summed E-state index contributed by atoms with van der Waals surface area (Å²) in [6, 6.07) is 0. The van der Waals surface area contributed by atoms with E-state index in [1.807, 2.05) is 0 Å². The molecule has 8 heteroatoms. The van der Waals surface area contributed by atoms with Crippen molar-refractivity contribution in [3.05, 3.63) is 10.4 Å². The Balaban J connectivity index is 1.61. The molecule has 0 radical (unpaired) electrons. The minimum Gasteiger partial charge on any atom is -0.379 e. The molecule has 0 amide bonds. The van der Waals surface area contributed by atoms with Crippen molar-refractivity contribution in [3.8, 4) is 0 Å². The summed E-state index contributed by atoms with van der Waals surface area (Å²) in [4.78, 5) is 14.6. The number of hydrogen-bond acceptors (Lipinski definition) is 8. The molecule has 4 heterocycles. The highest BCUT2D eigenvalue weighted by Crippen LogP contribution is 2.42. The number of fused-ring (bicyclic) bond motifs is 3. The van der Waals surface area contributed by atoms with E-state index in [1.54, 1.807) is 23.1 Å². The number of thiophene rings is 1. The fourth-order valence-electron chi connectivity index (χ4n) is 3.76. The molecule has 28 heavy (non-hydrogen) atoms. The maximum Gasteiger partial charge on any atom is 0.190 e. The van der Waals surface area contributed by atoms with Crippen molar-refractivity contribution in [3.63, 3.8) is 0 Å². The van der Waals surface area contributed by atoms with E-state index in [0.29, 0.717) is 6.61 Å². The van der Waals surface area contributed by atoms with E-state index >= 15 is 0 Å². The average Bonchev–Trinajstić information content (AvgIpc) is 3.06. The molecular formula is C20H30N4O2S2. The van der Waals surface area contributed by atoms with Gasteiger partial charge < -0.3 is 14.8 Å². The first-order valence-electron chi connectivity index (χ1n) is 10.2. The van der Waals surface area contributed by atoms with Crippen LogP contribution in [0, 0.1) is 0 Å². The molecule has 2 aromatic rings. The number of hydrogen-bond donors (Lipinski definition) is 1. The molecule has 154 valence electrons. The zero-order valence-electron chi connectivity index (χ0n) is 17.0. The van der Waals surface area contributed by atoms with Crippen LogP contribution in [0.15, 0.2) is 5.16 Å². The van der Waals surface area contributed by atoms with Crippen LogP contribution in [0.3, 0.4) is 0 Å². The summed E-state index contributed by atoms with van der Waals surface area (Å²) in [6.07, 6.45) is 1.94. The van der Waals surface area contributed by atoms with Crippen molar-refractivity contribution in [2.24, 2.45) is 0 Å². The number of nitrogens with one attached hydrogen (secondary N) is 1. The molecule has 0 spiro atoms. The third-order valence-corrected chi connectivity index (χ3v) is 7.49. The second-order valence-corrected chi connectivity index (χ2v) is 9.94. The van der Waals surface area contributed by atoms with E-state index in [-0.39, 0.29) is 5.60 Å². The minimum absolute atomic E-state index is 0.0943. The molecule has 1 unspecified atom stereocenters. The Morgan fingerprint density at radius 2 is 2.07 bits per heavy atom. The summed E-state index contributed by atoms with van der Waals surface area (Å²) in [5.74, 6) is 1.97. The van der Waals surface area contributed by atoms with Gasteiger partial charge in [0.2, 0.25) is 0 Å². The molecule has 0 saturated carbocycles. The van der Waals surface area contributed by atoms with Crippen molar-refractivity contribution in [2.45, 2.75) is 51.0 Å². The molecule has 2 aliphatic heterocycles. The summed E-state index contributed by atoms with van der Waals surface area (Å²) in [7, 11) is 0. The van der Waals surface area contributed by atoms with E-state index < -0.39 is 0 Å². The second kappa shape index (κ2) is 8.83. The van der Waals surface area contributed by atoms with Crippen molar-refractivity contribution in [1.29, 1.82) is 0 Å². The number of rotatable bonds is 7. The molecule has 1 fully saturated rings. The van der Waals surface area contributed by atoms with Crippen LogP contribution in [-0.2, 0) is 22.5 Å². The van der Waals surface area contributed by atoms with Gasteiger partial charge in [-0.2, -0.15) is 0 Å². The van der Waals surface area contributed by atoms with Gasteiger partial charge >= 0.3 is 0 Å². The predicted octanol–water partition coefficient (Wildman–Crippen LogP) is 3.79. The number of nitrogens with zero attached hydrogens (tertiary/aromatic N) is 3. The molecule has 1 atom stereocenters. The molecule has 1 saturated heterocycles. The molecule has 2 aliphatic rings. The van der Waals surface area contributed by atoms with Crippen LogP contribution < -0.4 is 5.32 Å². The van der Waals surface area contributed by atoms with Crippen molar-refractivity contribution in [1.82, 2.24) is 14.9 Å². The summed E-state index contributed by atoms with van der Waals surface area (Å²) >= 11 is 3.47. The van der Waals surface area contributed by atoms with Gasteiger partial charge in [-0.3, -0.25) is 4.90 Å². The smallest absolute Gasteiger partial charge is 0.190 e. The van der Waals surface area contributed by atoms with E-state index in [4.69, 9.17) is 19.4 Å². The topological polar surface area (TPSA) is 59.5 Å². The zero-order chi connectivity index (χ0) is 19.6. The molecule has 0 aromatic carbocycles. The molecule has 0 bridgehead atoms. The van der Waals surface area contributed by atoms with Crippen LogP contribution in [-0.4, -0.2) is 65.6 Å². The lowest BCUT2D eigenvalue weighted by Crippen LogP contribution is -2.39. The lowest BCUT2D eigenvalue weighted by atomic mass is 9.90. The van der Waals surface area contributed by atoms with Crippen molar-refractivity contribution < 1.29 is 9.47 Å². The van der Waals surface area contributed by atoms with E-state index in [9.17, 15) is 0 Å². The number of ether oxygens (including phenoxy) is 2. The third kappa shape index (κ3) is 4.31. The number of anilines is 1. The summed E-state index contributed by atoms with van der Waals surface area (Å²) < 4.78 is 11.6. The third-order valence-electron chi connectivity index (χ3n) is 5.66. The van der Waals surface area contributed by atoms with Gasteiger partial charge in [0.25, 0.3) is 0 Å². The fraction of sp³-hybridized carbons (Fsp3) is 0.700. The van der Waals surface area contributed by atoms with Crippen LogP contribution in [0.2, 0.25) is 0 Å². The first-order chi connectivity index (χ1) is 13.6. The standard InChI is InChI=1S/C20H30N4O2S2/c1-4-20(3)12-14-15(13-26-20)28-18-16(14)17(22-19(23-18)27-5-2)21-6-7-24-8-10-25-11-9-24/h4-13H2,1-3H3,(H,21,22,23). The Labute approximate surface area is 175 Å². The van der Waals surface area contributed by atoms with Crippen LogP contribution in [0.5, 0.6) is 0 Å². The maximum atomic E-state index is 6.17. The molecular weight excluding hydrogens is 392 g/mol. The molecule has 1 N–H and O–H groups in total. The van der Waals surface area contributed by atoms with Gasteiger partial charge in [0.15, 0.2) is 5.16 Å². The summed E-state index contributed by atoms with van der Waals surface area (Å²) in [5.41, 5.74) is 1.29. The Hall–Kier alpha value is -0.930. The lowest BCUT2D eigenvalue weighted by molar-refractivity contribution is -0.0542. The average molecular weight is 423 g/mol. The first kappa shape index (κ1) is 20.3. The summed E-state index contributed by atoms with van der Waals surface area (Å²) in [6.45, 7) is 12.8. The maximum absolute atomic E-state index is 6.17. The second-order valence-electron chi connectivity index (χ2n) is 7.62. The van der Waals surface area contributed by atoms with E-state index in [1.165, 1.54) is 15.8 Å². The molecule has 2 aromatic heterocycles. The normalized spacial score (nSPS) is 23.1. The predicted molar refractivity (Wildman–Crippen MR) is 117 cm³/mol. The highest BCUT2D eigenvalue weighted by molar-refractivity contribution is 7.99. The lowest BCUT2D eigenvalue weighted by Gasteiger charge is -2.33. The van der Waals surface area contributed by atoms with Crippen LogP contribution in [0.4, 0.5) is 5.82 Å². The number of morpholine rings is 1. The first-order valence-corrected chi connectivity index (χ1v) is 12.0. The van der Waals surface area contributed by atoms with E-state index in [0.717, 1.165) is 73.8 Å². The highest BCUT2D eigenvalue weighted by atomic mass is 32.2. The number of aromatic nitrogens is 2. The van der Waals surface area contributed by atoms with Gasteiger partial charge in [0.05, 0.1) is 30.8 Å². The largest absolute Gasteiger partial charge is 0.379 e. The van der Waals surface area contributed by atoms with Gasteiger partial charge in [0, 0.05) is 37.5 Å². The SMILES string of the molecule is CCSc1nc(NCCN2CCOCC2)c2c3c(sc2n1)COC(C)(CC)C3. The Morgan fingerprint density at radius 3 is 2.82 bits per heavy atom. The van der Waals surface area contributed by atoms with Crippen LogP contribution >= 0.6 is 23.1 Å². The van der Waals surface area contributed by atoms with Gasteiger partial charge in [0.1, 0.15) is 10.6 Å². The van der Waals surface area contributed by atoms with Gasteiger partial charge in [-0.1, -0.05) is 25.6 Å². The monoisotopic (exact) mass is 422 g/mol. The van der Waals surface area contributed by atoms with Gasteiger partial charge in [-0.15, -0.1) is 11.3 Å². The quantitative estimate of drug-likeness (QED) is 0.538. The van der Waals surface area contributed by atoms with Gasteiger partial charge in [-0.25, -0.2) is 9.97 Å². The molecule has 6 nitrogen and oxygen atoms in total. The van der Waals surface area contributed by atoms with Gasteiger partial charge in [-0.05, 0) is 24.7 Å². The highest BCUT2D eigenvalue weighted by Gasteiger charge is 2.33. The molecule has 4 rings (SSSR count). The number of thioether (sulfide) groups is 1. The molecule has 0 aliphatic carbocycles. The Kier molecular flexibility index (Phi) is 6.42. The Morgan fingerprint density at radius 1 is 1.25 bits per heavy atom. The van der Waals surface area contributed by atoms with E-state index in [2.05, 4.69) is 31.0 Å². The fourth-order valence-corrected chi connectivity index (χ4v) is 5.49. The van der Waals surface area contributed by atoms with Crippen LogP contribution in [0.1, 0.15) is 37.6 Å².